The molecule has 0 saturated carbocycles. The van der Waals surface area contributed by atoms with E-state index >= 15 is 0 Å². The van der Waals surface area contributed by atoms with Crippen molar-refractivity contribution in [3.63, 3.8) is 0 Å². The van der Waals surface area contributed by atoms with Crippen molar-refractivity contribution in [2.24, 2.45) is 5.92 Å². The number of ketones is 1. The Morgan fingerprint density at radius 2 is 2.30 bits per heavy atom. The predicted octanol–water partition coefficient (Wildman–Crippen LogP) is -0.232. The van der Waals surface area contributed by atoms with Crippen LogP contribution >= 0.6 is 0 Å². The van der Waals surface area contributed by atoms with E-state index in [2.05, 4.69) is 4.74 Å². The summed E-state index contributed by atoms with van der Waals surface area (Å²) in [6.45, 7) is 0.169. The molecule has 1 fully saturated rings. The molecule has 0 aromatic carbocycles. The second-order valence-electron chi connectivity index (χ2n) is 2.03. The summed E-state index contributed by atoms with van der Waals surface area (Å²) in [6, 6.07) is 0. The Bertz CT molecular complexity index is 171. The number of ether oxygens (including phenoxy) is 1. The number of cyclic esters (lactones) is 1. The van der Waals surface area contributed by atoms with Gasteiger partial charge in [-0.15, -0.1) is 0 Å². The van der Waals surface area contributed by atoms with Crippen LogP contribution in [-0.2, 0) is 14.3 Å². The first-order valence-corrected chi connectivity index (χ1v) is 2.95. The molecule has 54 valence electrons. The summed E-state index contributed by atoms with van der Waals surface area (Å²) in [5, 5.41) is 6.71. The van der Waals surface area contributed by atoms with E-state index < -0.39 is 11.9 Å². The minimum atomic E-state index is -0.936. The maximum Gasteiger partial charge on any atom is 0.321 e. The summed E-state index contributed by atoms with van der Waals surface area (Å²) in [6.07, 6.45) is 1.07. The molecule has 0 aromatic heterocycles. The first-order chi connectivity index (χ1) is 4.75. The van der Waals surface area contributed by atoms with E-state index in [1.165, 1.54) is 0 Å². The van der Waals surface area contributed by atoms with Crippen LogP contribution in [0.5, 0.6) is 0 Å². The Morgan fingerprint density at radius 3 is 2.70 bits per heavy atom. The van der Waals surface area contributed by atoms with Crippen LogP contribution in [0.4, 0.5) is 0 Å². The third-order valence-corrected chi connectivity index (χ3v) is 1.36. The maximum atomic E-state index is 10.8. The van der Waals surface area contributed by atoms with Gasteiger partial charge in [0.15, 0.2) is 5.78 Å². The Morgan fingerprint density at radius 1 is 1.60 bits per heavy atom. The summed E-state index contributed by atoms with van der Waals surface area (Å²) in [7, 11) is 0. The highest BCUT2D eigenvalue weighted by molar-refractivity contribution is 6.12. The molecule has 0 aromatic rings. The molecule has 4 nitrogen and oxygen atoms in total. The molecule has 1 N–H and O–H groups in total. The average Bonchev–Trinajstić information content (AvgIpc) is 1.88. The van der Waals surface area contributed by atoms with Crippen molar-refractivity contribution in [1.29, 1.82) is 5.41 Å². The van der Waals surface area contributed by atoms with Crippen LogP contribution in [0.1, 0.15) is 6.42 Å². The molecule has 1 aliphatic heterocycles. The quantitative estimate of drug-likeness (QED) is 0.311. The molecule has 1 heterocycles. The highest BCUT2D eigenvalue weighted by atomic mass is 16.5. The fraction of sp³-hybridized carbons (Fsp3) is 0.500. The monoisotopic (exact) mass is 141 g/mol. The molecule has 1 aliphatic rings. The fourth-order valence-electron chi connectivity index (χ4n) is 0.790. The molecule has 1 rings (SSSR count). The SMILES string of the molecule is N=C[C@H]1C(=O)CCOC1=O. The van der Waals surface area contributed by atoms with Crippen LogP contribution < -0.4 is 0 Å². The van der Waals surface area contributed by atoms with E-state index in [-0.39, 0.29) is 18.8 Å². The van der Waals surface area contributed by atoms with Gasteiger partial charge in [-0.3, -0.25) is 9.59 Å². The zero-order valence-corrected chi connectivity index (χ0v) is 5.29. The zero-order chi connectivity index (χ0) is 7.56. The Hall–Kier alpha value is -1.19. The number of nitrogens with one attached hydrogen (secondary N) is 1. The molecule has 0 bridgehead atoms. The number of hydrogen-bond donors (Lipinski definition) is 1. The van der Waals surface area contributed by atoms with Crippen LogP contribution in [0.2, 0.25) is 0 Å². The average molecular weight is 141 g/mol. The molecule has 4 heteroatoms. The molecule has 0 aliphatic carbocycles. The van der Waals surface area contributed by atoms with Crippen LogP contribution in [0.15, 0.2) is 0 Å². The van der Waals surface area contributed by atoms with Crippen molar-refractivity contribution in [3.8, 4) is 0 Å². The standard InChI is InChI=1S/C6H7NO3/c7-3-4-5(8)1-2-10-6(4)9/h3-4,7H,1-2H2/t4-/m0/s1. The first kappa shape index (κ1) is 6.92. The maximum absolute atomic E-state index is 10.8. The van der Waals surface area contributed by atoms with Gasteiger partial charge in [0, 0.05) is 12.6 Å². The number of hydrogen-bond acceptors (Lipinski definition) is 4. The van der Waals surface area contributed by atoms with Crippen molar-refractivity contribution in [3.05, 3.63) is 0 Å². The van der Waals surface area contributed by atoms with Crippen LogP contribution in [-0.4, -0.2) is 24.6 Å². The van der Waals surface area contributed by atoms with E-state index in [1.54, 1.807) is 0 Å². The zero-order valence-electron chi connectivity index (χ0n) is 5.29. The largest absolute Gasteiger partial charge is 0.464 e. The van der Waals surface area contributed by atoms with Crippen molar-refractivity contribution in [2.45, 2.75) is 6.42 Å². The topological polar surface area (TPSA) is 67.2 Å². The van der Waals surface area contributed by atoms with Gasteiger partial charge in [0.1, 0.15) is 5.92 Å². The van der Waals surface area contributed by atoms with Gasteiger partial charge < -0.3 is 10.1 Å². The lowest BCUT2D eigenvalue weighted by molar-refractivity contribution is -0.154. The summed E-state index contributed by atoms with van der Waals surface area (Å²) in [4.78, 5) is 21.4. The minimum Gasteiger partial charge on any atom is -0.464 e. The van der Waals surface area contributed by atoms with Gasteiger partial charge in [0.25, 0.3) is 0 Å². The number of Topliss-reactive ketones (excluding diaryl/α,β-unsaturated/α-hetero) is 1. The molecule has 0 radical (unpaired) electrons. The smallest absolute Gasteiger partial charge is 0.321 e. The van der Waals surface area contributed by atoms with Crippen LogP contribution in [0.25, 0.3) is 0 Å². The van der Waals surface area contributed by atoms with Crippen LogP contribution in [0, 0.1) is 11.3 Å². The van der Waals surface area contributed by atoms with Crippen molar-refractivity contribution in [2.75, 3.05) is 6.61 Å². The van der Waals surface area contributed by atoms with Gasteiger partial charge in [-0.05, 0) is 0 Å². The van der Waals surface area contributed by atoms with Crippen molar-refractivity contribution < 1.29 is 14.3 Å². The molecular formula is C6H7NO3. The summed E-state index contributed by atoms with van der Waals surface area (Å²) in [5.41, 5.74) is 0. The number of rotatable bonds is 1. The lowest BCUT2D eigenvalue weighted by Crippen LogP contribution is -2.33. The normalized spacial score (nSPS) is 25.8. The lowest BCUT2D eigenvalue weighted by atomic mass is 10.0. The van der Waals surface area contributed by atoms with Gasteiger partial charge in [0.05, 0.1) is 6.61 Å². The number of carbonyl (C=O) groups is 2. The molecule has 0 amide bonds. The minimum absolute atomic E-state index is 0.169. The molecule has 10 heavy (non-hydrogen) atoms. The molecule has 0 spiro atoms. The van der Waals surface area contributed by atoms with Gasteiger partial charge in [-0.2, -0.15) is 0 Å². The molecule has 0 unspecified atom stereocenters. The second kappa shape index (κ2) is 2.60. The van der Waals surface area contributed by atoms with E-state index in [0.29, 0.717) is 0 Å². The summed E-state index contributed by atoms with van der Waals surface area (Å²) >= 11 is 0. The van der Waals surface area contributed by atoms with E-state index in [0.717, 1.165) is 6.21 Å². The second-order valence-corrected chi connectivity index (χ2v) is 2.03. The fourth-order valence-corrected chi connectivity index (χ4v) is 0.790. The highest BCUT2D eigenvalue weighted by Gasteiger charge is 2.29. The van der Waals surface area contributed by atoms with Crippen LogP contribution in [0.3, 0.4) is 0 Å². The van der Waals surface area contributed by atoms with E-state index in [9.17, 15) is 9.59 Å². The Labute approximate surface area is 57.7 Å². The summed E-state index contributed by atoms with van der Waals surface area (Å²) in [5.74, 6) is -1.74. The molecule has 1 atom stereocenters. The third kappa shape index (κ3) is 1.05. The summed E-state index contributed by atoms with van der Waals surface area (Å²) < 4.78 is 4.54. The number of esters is 1. The van der Waals surface area contributed by atoms with Gasteiger partial charge >= 0.3 is 5.97 Å². The Kier molecular flexibility index (Phi) is 1.80. The molecular weight excluding hydrogens is 134 g/mol. The van der Waals surface area contributed by atoms with Gasteiger partial charge in [0.2, 0.25) is 0 Å². The first-order valence-electron chi connectivity index (χ1n) is 2.95. The van der Waals surface area contributed by atoms with Crippen molar-refractivity contribution in [1.82, 2.24) is 0 Å². The highest BCUT2D eigenvalue weighted by Crippen LogP contribution is 2.08. The molecule has 1 saturated heterocycles. The lowest BCUT2D eigenvalue weighted by Gasteiger charge is -2.15. The van der Waals surface area contributed by atoms with E-state index in [1.807, 2.05) is 0 Å². The number of carbonyl (C=O) groups excluding carboxylic acids is 2. The van der Waals surface area contributed by atoms with Gasteiger partial charge in [-0.25, -0.2) is 0 Å². The van der Waals surface area contributed by atoms with Gasteiger partial charge in [-0.1, -0.05) is 0 Å². The van der Waals surface area contributed by atoms with Crippen molar-refractivity contribution >= 4 is 18.0 Å². The predicted molar refractivity (Wildman–Crippen MR) is 32.9 cm³/mol. The Balaban J connectivity index is 2.71. The third-order valence-electron chi connectivity index (χ3n) is 1.36. The van der Waals surface area contributed by atoms with E-state index in [4.69, 9.17) is 5.41 Å².